The lowest BCUT2D eigenvalue weighted by molar-refractivity contribution is 0.0679. The molecule has 146 valence electrons. The van der Waals surface area contributed by atoms with Crippen molar-refractivity contribution in [3.63, 3.8) is 0 Å². The molecule has 1 amide bonds. The molecule has 0 radical (unpaired) electrons. The number of oxazole rings is 1. The van der Waals surface area contributed by atoms with E-state index in [1.54, 1.807) is 29.0 Å². The van der Waals surface area contributed by atoms with Gasteiger partial charge in [-0.15, -0.1) is 0 Å². The SMILES string of the molecule is O=C(c1cccc2ncccc12)N1CCC[C@@H](n2c(=O)oc3ccc(Cl)cc32)C1. The lowest BCUT2D eigenvalue weighted by Gasteiger charge is -2.33. The summed E-state index contributed by atoms with van der Waals surface area (Å²) in [6.45, 7) is 1.09. The van der Waals surface area contributed by atoms with Crippen LogP contribution in [-0.4, -0.2) is 33.4 Å². The molecule has 0 bridgehead atoms. The van der Waals surface area contributed by atoms with Gasteiger partial charge in [-0.05, 0) is 49.2 Å². The van der Waals surface area contributed by atoms with E-state index in [1.165, 1.54) is 0 Å². The molecule has 5 rings (SSSR count). The fraction of sp³-hybridized carbons (Fsp3) is 0.227. The van der Waals surface area contributed by atoms with Crippen LogP contribution in [0.1, 0.15) is 29.2 Å². The second-order valence-corrected chi connectivity index (χ2v) is 7.71. The number of amides is 1. The highest BCUT2D eigenvalue weighted by Crippen LogP contribution is 2.28. The van der Waals surface area contributed by atoms with Crippen molar-refractivity contribution < 1.29 is 9.21 Å². The molecule has 2 aromatic heterocycles. The highest BCUT2D eigenvalue weighted by Gasteiger charge is 2.29. The number of carbonyl (C=O) groups excluding carboxylic acids is 1. The van der Waals surface area contributed by atoms with Crippen molar-refractivity contribution in [1.82, 2.24) is 14.5 Å². The average Bonchev–Trinajstić information content (AvgIpc) is 3.07. The van der Waals surface area contributed by atoms with E-state index in [2.05, 4.69) is 4.98 Å². The first-order valence-electron chi connectivity index (χ1n) is 9.55. The summed E-state index contributed by atoms with van der Waals surface area (Å²) < 4.78 is 7.01. The molecule has 0 aliphatic carbocycles. The molecule has 7 heteroatoms. The molecule has 1 atom stereocenters. The van der Waals surface area contributed by atoms with Gasteiger partial charge in [-0.1, -0.05) is 23.7 Å². The molecule has 0 saturated carbocycles. The second-order valence-electron chi connectivity index (χ2n) is 7.27. The third-order valence-electron chi connectivity index (χ3n) is 5.50. The minimum absolute atomic E-state index is 0.0489. The van der Waals surface area contributed by atoms with Crippen molar-refractivity contribution in [2.45, 2.75) is 18.9 Å². The molecule has 29 heavy (non-hydrogen) atoms. The average molecular weight is 408 g/mol. The summed E-state index contributed by atoms with van der Waals surface area (Å²) >= 11 is 6.13. The number of nitrogens with zero attached hydrogens (tertiary/aromatic N) is 3. The molecular weight excluding hydrogens is 390 g/mol. The normalized spacial score (nSPS) is 17.1. The number of hydrogen-bond donors (Lipinski definition) is 0. The zero-order valence-electron chi connectivity index (χ0n) is 15.5. The number of aromatic nitrogens is 2. The van der Waals surface area contributed by atoms with Gasteiger partial charge in [0.15, 0.2) is 5.58 Å². The predicted octanol–water partition coefficient (Wildman–Crippen LogP) is 4.27. The highest BCUT2D eigenvalue weighted by molar-refractivity contribution is 6.31. The number of likely N-dealkylation sites (tertiary alicyclic amines) is 1. The van der Waals surface area contributed by atoms with Crippen LogP contribution in [0.3, 0.4) is 0 Å². The van der Waals surface area contributed by atoms with Gasteiger partial charge in [0.05, 0.1) is 17.1 Å². The Bertz CT molecular complexity index is 1290. The largest absolute Gasteiger partial charge is 0.420 e. The minimum atomic E-state index is -0.420. The Morgan fingerprint density at radius 3 is 2.97 bits per heavy atom. The van der Waals surface area contributed by atoms with Gasteiger partial charge in [0, 0.05) is 35.3 Å². The third kappa shape index (κ3) is 3.09. The third-order valence-corrected chi connectivity index (χ3v) is 5.73. The fourth-order valence-corrected chi connectivity index (χ4v) is 4.33. The Labute approximate surface area is 171 Å². The van der Waals surface area contributed by atoms with Crippen LogP contribution < -0.4 is 5.76 Å². The van der Waals surface area contributed by atoms with Gasteiger partial charge in [-0.3, -0.25) is 14.3 Å². The van der Waals surface area contributed by atoms with Crippen LogP contribution in [0.4, 0.5) is 0 Å². The van der Waals surface area contributed by atoms with E-state index >= 15 is 0 Å². The van der Waals surface area contributed by atoms with Crippen LogP contribution in [-0.2, 0) is 0 Å². The van der Waals surface area contributed by atoms with Gasteiger partial charge in [-0.25, -0.2) is 4.79 Å². The zero-order chi connectivity index (χ0) is 20.0. The molecule has 1 fully saturated rings. The Balaban J connectivity index is 1.50. The topological polar surface area (TPSA) is 68.3 Å². The number of pyridine rings is 1. The molecule has 1 saturated heterocycles. The van der Waals surface area contributed by atoms with Crippen LogP contribution in [0.15, 0.2) is 63.9 Å². The van der Waals surface area contributed by atoms with Gasteiger partial charge >= 0.3 is 5.76 Å². The van der Waals surface area contributed by atoms with E-state index in [1.807, 2.05) is 35.2 Å². The second kappa shape index (κ2) is 7.04. The van der Waals surface area contributed by atoms with Crippen molar-refractivity contribution >= 4 is 39.5 Å². The Kier molecular flexibility index (Phi) is 4.36. The molecule has 1 aliphatic rings. The molecule has 1 aliphatic heterocycles. The van der Waals surface area contributed by atoms with Crippen LogP contribution in [0, 0.1) is 0 Å². The maximum atomic E-state index is 13.3. The number of rotatable bonds is 2. The highest BCUT2D eigenvalue weighted by atomic mass is 35.5. The van der Waals surface area contributed by atoms with E-state index < -0.39 is 5.76 Å². The van der Waals surface area contributed by atoms with Crippen molar-refractivity contribution in [2.24, 2.45) is 0 Å². The fourth-order valence-electron chi connectivity index (χ4n) is 4.16. The standard InChI is InChI=1S/C22H18ClN3O3/c23-14-8-9-20-19(12-14)26(22(28)29-20)15-4-3-11-25(13-15)21(27)17-5-1-7-18-16(17)6-2-10-24-18/h1-2,5-10,12,15H,3-4,11,13H2/t15-/m1/s1. The van der Waals surface area contributed by atoms with Crippen molar-refractivity contribution in [1.29, 1.82) is 0 Å². The van der Waals surface area contributed by atoms with Crippen LogP contribution in [0.5, 0.6) is 0 Å². The summed E-state index contributed by atoms with van der Waals surface area (Å²) in [6.07, 6.45) is 3.32. The quantitative estimate of drug-likeness (QED) is 0.497. The number of hydrogen-bond acceptors (Lipinski definition) is 4. The number of fused-ring (bicyclic) bond motifs is 2. The molecule has 3 heterocycles. The Morgan fingerprint density at radius 2 is 2.07 bits per heavy atom. The summed E-state index contributed by atoms with van der Waals surface area (Å²) in [6, 6.07) is 14.3. The van der Waals surface area contributed by atoms with Gasteiger partial charge in [-0.2, -0.15) is 0 Å². The zero-order valence-corrected chi connectivity index (χ0v) is 16.3. The summed E-state index contributed by atoms with van der Waals surface area (Å²) in [7, 11) is 0. The monoisotopic (exact) mass is 407 g/mol. The smallest absolute Gasteiger partial charge is 0.408 e. The Morgan fingerprint density at radius 1 is 1.17 bits per heavy atom. The van der Waals surface area contributed by atoms with Gasteiger partial charge in [0.2, 0.25) is 0 Å². The lowest BCUT2D eigenvalue weighted by Crippen LogP contribution is -2.42. The van der Waals surface area contributed by atoms with Crippen molar-refractivity contribution in [3.8, 4) is 0 Å². The van der Waals surface area contributed by atoms with E-state index in [0.717, 1.165) is 23.7 Å². The van der Waals surface area contributed by atoms with Crippen LogP contribution >= 0.6 is 11.6 Å². The van der Waals surface area contributed by atoms with E-state index in [9.17, 15) is 9.59 Å². The van der Waals surface area contributed by atoms with Crippen LogP contribution in [0.2, 0.25) is 5.02 Å². The van der Waals surface area contributed by atoms with E-state index in [0.29, 0.717) is 34.8 Å². The minimum Gasteiger partial charge on any atom is -0.408 e. The number of carbonyl (C=O) groups is 1. The number of halogens is 1. The lowest BCUT2D eigenvalue weighted by atomic mass is 10.0. The summed E-state index contributed by atoms with van der Waals surface area (Å²) in [5, 5.41) is 1.37. The summed E-state index contributed by atoms with van der Waals surface area (Å²) in [5.41, 5.74) is 2.58. The van der Waals surface area contributed by atoms with Gasteiger partial charge < -0.3 is 9.32 Å². The van der Waals surface area contributed by atoms with E-state index in [4.69, 9.17) is 16.0 Å². The maximum absolute atomic E-state index is 13.3. The molecule has 0 spiro atoms. The first-order chi connectivity index (χ1) is 14.1. The van der Waals surface area contributed by atoms with Crippen LogP contribution in [0.25, 0.3) is 22.0 Å². The Hall–Kier alpha value is -3.12. The summed E-state index contributed by atoms with van der Waals surface area (Å²) in [5.74, 6) is -0.469. The first-order valence-corrected chi connectivity index (χ1v) is 9.93. The number of piperidine rings is 1. The summed E-state index contributed by atoms with van der Waals surface area (Å²) in [4.78, 5) is 32.0. The van der Waals surface area contributed by atoms with E-state index in [-0.39, 0.29) is 11.9 Å². The molecule has 6 nitrogen and oxygen atoms in total. The molecular formula is C22H18ClN3O3. The molecule has 4 aromatic rings. The van der Waals surface area contributed by atoms with Gasteiger partial charge in [0.25, 0.3) is 5.91 Å². The predicted molar refractivity (Wildman–Crippen MR) is 111 cm³/mol. The molecule has 0 N–H and O–H groups in total. The number of benzene rings is 2. The van der Waals surface area contributed by atoms with Crippen molar-refractivity contribution in [2.75, 3.05) is 13.1 Å². The molecule has 2 aromatic carbocycles. The van der Waals surface area contributed by atoms with Crippen molar-refractivity contribution in [3.05, 3.63) is 75.9 Å². The first kappa shape index (κ1) is 17.9. The molecule has 0 unspecified atom stereocenters. The maximum Gasteiger partial charge on any atom is 0.420 e. The van der Waals surface area contributed by atoms with Gasteiger partial charge in [0.1, 0.15) is 0 Å².